The van der Waals surface area contributed by atoms with E-state index in [4.69, 9.17) is 5.73 Å². The van der Waals surface area contributed by atoms with Crippen LogP contribution < -0.4 is 5.73 Å². The molecule has 4 heteroatoms. The summed E-state index contributed by atoms with van der Waals surface area (Å²) in [7, 11) is 0. The van der Waals surface area contributed by atoms with Crippen LogP contribution in [0, 0.1) is 12.8 Å². The van der Waals surface area contributed by atoms with E-state index in [0.717, 1.165) is 31.0 Å². The van der Waals surface area contributed by atoms with Gasteiger partial charge in [-0.15, -0.1) is 0 Å². The average molecular weight is 220 g/mol. The quantitative estimate of drug-likeness (QED) is 0.829. The van der Waals surface area contributed by atoms with Crippen molar-refractivity contribution in [2.45, 2.75) is 26.3 Å². The summed E-state index contributed by atoms with van der Waals surface area (Å²) in [6, 6.07) is 0.352. The van der Waals surface area contributed by atoms with E-state index in [1.165, 1.54) is 6.42 Å². The highest BCUT2D eigenvalue weighted by atomic mass is 15.2. The lowest BCUT2D eigenvalue weighted by Gasteiger charge is -2.24. The molecule has 0 aliphatic carbocycles. The summed E-state index contributed by atoms with van der Waals surface area (Å²) in [6.07, 6.45) is 4.73. The van der Waals surface area contributed by atoms with Crippen LogP contribution in [0.2, 0.25) is 0 Å². The Labute approximate surface area is 96.9 Å². The minimum atomic E-state index is 0.352. The fourth-order valence-electron chi connectivity index (χ4n) is 2.41. The summed E-state index contributed by atoms with van der Waals surface area (Å²) >= 11 is 0. The molecule has 1 aromatic heterocycles. The van der Waals surface area contributed by atoms with Gasteiger partial charge in [-0.1, -0.05) is 0 Å². The summed E-state index contributed by atoms with van der Waals surface area (Å²) in [4.78, 5) is 11.2. The normalized spacial score (nSPS) is 23.6. The van der Waals surface area contributed by atoms with Gasteiger partial charge in [-0.3, -0.25) is 14.9 Å². The first kappa shape index (κ1) is 11.5. The zero-order valence-electron chi connectivity index (χ0n) is 10.1. The highest BCUT2D eigenvalue weighted by Crippen LogP contribution is 2.26. The number of nitrogens with zero attached hydrogens (tertiary/aromatic N) is 3. The van der Waals surface area contributed by atoms with Crippen molar-refractivity contribution in [3.63, 3.8) is 0 Å². The predicted octanol–water partition coefficient (Wildman–Crippen LogP) is 1.13. The SMILES string of the molecule is Cc1nccnc1C(C)N1CCC(CN)C1. The van der Waals surface area contributed by atoms with Gasteiger partial charge in [0.1, 0.15) is 0 Å². The third kappa shape index (κ3) is 2.23. The molecule has 1 saturated heterocycles. The van der Waals surface area contributed by atoms with Crippen LogP contribution in [0.1, 0.15) is 30.8 Å². The standard InChI is InChI=1S/C12H20N4/c1-9-12(15-5-4-14-9)10(2)16-6-3-11(7-13)8-16/h4-5,10-11H,3,6-8,13H2,1-2H3. The van der Waals surface area contributed by atoms with E-state index < -0.39 is 0 Å². The van der Waals surface area contributed by atoms with Crippen molar-refractivity contribution >= 4 is 0 Å². The second-order valence-corrected chi connectivity index (χ2v) is 4.59. The van der Waals surface area contributed by atoms with Crippen molar-refractivity contribution in [1.82, 2.24) is 14.9 Å². The Morgan fingerprint density at radius 2 is 2.25 bits per heavy atom. The Morgan fingerprint density at radius 3 is 2.88 bits per heavy atom. The highest BCUT2D eigenvalue weighted by Gasteiger charge is 2.27. The molecule has 0 amide bonds. The van der Waals surface area contributed by atoms with Crippen LogP contribution in [0.5, 0.6) is 0 Å². The molecular formula is C12H20N4. The van der Waals surface area contributed by atoms with Crippen molar-refractivity contribution in [3.8, 4) is 0 Å². The van der Waals surface area contributed by atoms with Gasteiger partial charge in [-0.25, -0.2) is 0 Å². The summed E-state index contributed by atoms with van der Waals surface area (Å²) in [5.74, 6) is 0.652. The molecule has 2 N–H and O–H groups in total. The molecule has 1 aliphatic heterocycles. The number of aryl methyl sites for hydroxylation is 1. The van der Waals surface area contributed by atoms with Gasteiger partial charge in [0.15, 0.2) is 0 Å². The van der Waals surface area contributed by atoms with Crippen LogP contribution in [-0.4, -0.2) is 34.5 Å². The van der Waals surface area contributed by atoms with E-state index in [9.17, 15) is 0 Å². The summed E-state index contributed by atoms with van der Waals surface area (Å²) in [6.45, 7) is 7.24. The Balaban J connectivity index is 2.08. The van der Waals surface area contributed by atoms with Crippen molar-refractivity contribution < 1.29 is 0 Å². The van der Waals surface area contributed by atoms with E-state index in [0.29, 0.717) is 12.0 Å². The van der Waals surface area contributed by atoms with Gasteiger partial charge < -0.3 is 5.73 Å². The summed E-state index contributed by atoms with van der Waals surface area (Å²) < 4.78 is 0. The maximum Gasteiger partial charge on any atom is 0.0784 e. The Kier molecular flexibility index (Phi) is 3.51. The third-order valence-corrected chi connectivity index (χ3v) is 3.51. The molecule has 1 aliphatic rings. The van der Waals surface area contributed by atoms with Crippen molar-refractivity contribution in [3.05, 3.63) is 23.8 Å². The second-order valence-electron chi connectivity index (χ2n) is 4.59. The van der Waals surface area contributed by atoms with Gasteiger partial charge in [0.2, 0.25) is 0 Å². The monoisotopic (exact) mass is 220 g/mol. The Bertz CT molecular complexity index is 353. The van der Waals surface area contributed by atoms with Crippen LogP contribution in [0.3, 0.4) is 0 Å². The lowest BCUT2D eigenvalue weighted by Crippen LogP contribution is -2.27. The maximum atomic E-state index is 5.71. The van der Waals surface area contributed by atoms with Gasteiger partial charge in [0, 0.05) is 18.9 Å². The topological polar surface area (TPSA) is 55.0 Å². The minimum Gasteiger partial charge on any atom is -0.330 e. The highest BCUT2D eigenvalue weighted by molar-refractivity contribution is 5.13. The van der Waals surface area contributed by atoms with Gasteiger partial charge in [-0.2, -0.15) is 0 Å². The Morgan fingerprint density at radius 1 is 1.50 bits per heavy atom. The maximum absolute atomic E-state index is 5.71. The molecule has 2 rings (SSSR count). The van der Waals surface area contributed by atoms with Crippen molar-refractivity contribution in [2.75, 3.05) is 19.6 Å². The van der Waals surface area contributed by atoms with Crippen LogP contribution in [0.4, 0.5) is 0 Å². The largest absolute Gasteiger partial charge is 0.330 e. The van der Waals surface area contributed by atoms with Gasteiger partial charge in [0.25, 0.3) is 0 Å². The molecule has 0 radical (unpaired) electrons. The predicted molar refractivity (Wildman–Crippen MR) is 63.9 cm³/mol. The smallest absolute Gasteiger partial charge is 0.0784 e. The molecule has 2 atom stereocenters. The van der Waals surface area contributed by atoms with E-state index in [1.54, 1.807) is 12.4 Å². The van der Waals surface area contributed by atoms with E-state index in [-0.39, 0.29) is 0 Å². The number of aromatic nitrogens is 2. The number of hydrogen-bond donors (Lipinski definition) is 1. The fraction of sp³-hybridized carbons (Fsp3) is 0.667. The zero-order chi connectivity index (χ0) is 11.5. The molecule has 1 fully saturated rings. The number of likely N-dealkylation sites (tertiary alicyclic amines) is 1. The molecule has 2 unspecified atom stereocenters. The van der Waals surface area contributed by atoms with Gasteiger partial charge >= 0.3 is 0 Å². The second kappa shape index (κ2) is 4.89. The Hall–Kier alpha value is -1.00. The average Bonchev–Trinajstić information content (AvgIpc) is 2.77. The number of nitrogens with two attached hydrogens (primary N) is 1. The fourth-order valence-corrected chi connectivity index (χ4v) is 2.41. The first-order chi connectivity index (χ1) is 7.72. The molecule has 0 saturated carbocycles. The molecule has 16 heavy (non-hydrogen) atoms. The number of rotatable bonds is 3. The molecule has 0 spiro atoms. The lowest BCUT2D eigenvalue weighted by molar-refractivity contribution is 0.248. The van der Waals surface area contributed by atoms with Crippen LogP contribution >= 0.6 is 0 Å². The lowest BCUT2D eigenvalue weighted by atomic mass is 10.1. The molecule has 0 aromatic carbocycles. The molecule has 2 heterocycles. The van der Waals surface area contributed by atoms with Crippen LogP contribution in [-0.2, 0) is 0 Å². The number of hydrogen-bond acceptors (Lipinski definition) is 4. The van der Waals surface area contributed by atoms with Gasteiger partial charge in [0.05, 0.1) is 17.4 Å². The van der Waals surface area contributed by atoms with E-state index in [2.05, 4.69) is 21.8 Å². The van der Waals surface area contributed by atoms with Crippen molar-refractivity contribution in [2.24, 2.45) is 11.7 Å². The third-order valence-electron chi connectivity index (χ3n) is 3.51. The first-order valence-corrected chi connectivity index (χ1v) is 5.94. The summed E-state index contributed by atoms with van der Waals surface area (Å²) in [5, 5.41) is 0. The van der Waals surface area contributed by atoms with Crippen molar-refractivity contribution in [1.29, 1.82) is 0 Å². The van der Waals surface area contributed by atoms with E-state index >= 15 is 0 Å². The molecular weight excluding hydrogens is 200 g/mol. The molecule has 4 nitrogen and oxygen atoms in total. The van der Waals surface area contributed by atoms with Crippen LogP contribution in [0.25, 0.3) is 0 Å². The van der Waals surface area contributed by atoms with E-state index in [1.807, 2.05) is 6.92 Å². The summed E-state index contributed by atoms with van der Waals surface area (Å²) in [5.41, 5.74) is 7.84. The first-order valence-electron chi connectivity index (χ1n) is 5.94. The minimum absolute atomic E-state index is 0.352. The van der Waals surface area contributed by atoms with Gasteiger partial charge in [-0.05, 0) is 39.3 Å². The molecule has 88 valence electrons. The molecule has 0 bridgehead atoms. The molecule has 1 aromatic rings. The van der Waals surface area contributed by atoms with Crippen LogP contribution in [0.15, 0.2) is 12.4 Å². The zero-order valence-corrected chi connectivity index (χ0v) is 10.1.